The average molecular weight is 896 g/mol. The van der Waals surface area contributed by atoms with Crippen molar-refractivity contribution < 1.29 is 19.2 Å². The van der Waals surface area contributed by atoms with Crippen LogP contribution in [0.2, 0.25) is 0 Å². The molecule has 0 saturated heterocycles. The van der Waals surface area contributed by atoms with Gasteiger partial charge in [0.25, 0.3) is 0 Å². The van der Waals surface area contributed by atoms with Crippen LogP contribution in [0.15, 0.2) is 114 Å². The third-order valence-electron chi connectivity index (χ3n) is 14.1. The Morgan fingerprint density at radius 2 is 0.909 bits per heavy atom. The fraction of sp³-hybridized carbons (Fsp3) is 0.581. The third-order valence-corrected chi connectivity index (χ3v) is 14.1. The summed E-state index contributed by atoms with van der Waals surface area (Å²) in [6.07, 6.45) is 56.1. The number of hydrogen-bond acceptors (Lipinski definition) is 3. The molecule has 360 valence electrons. The zero-order chi connectivity index (χ0) is 46.3. The third kappa shape index (κ3) is 18.8. The highest BCUT2D eigenvalue weighted by atomic mass is 16.5. The number of fused-ring (bicyclic) bond motifs is 1. The number of Topliss-reactive ketones (excluding diaryl/α,β-unsaturated/α-hetero) is 1. The fourth-order valence-electron chi connectivity index (χ4n) is 9.90. The van der Waals surface area contributed by atoms with Gasteiger partial charge < -0.3 is 9.84 Å². The molecule has 0 fully saturated rings. The molecule has 0 aromatic heterocycles. The standard InChI is InChI=1S/C62H89NO3/c1-3-5-7-9-11-13-15-17-19-21-23-25-27-29-31-38-48-63(49-39-32-30-28-26-24-22-20-18-16-14-12-10-8-6-4-2)55-46-44-53(45-47-55)60-61(64)57(62(60)65)50-54-51-59(52-40-34-33-35-41-52)66-58-43-37-36-42-56(54)58/h33-37,40-47,50-51H,3-32,38-39,48-49H2,1-2H3/b54-50+. The number of unbranched alkanes of at least 4 members (excludes halogenated alkanes) is 30. The normalized spacial score (nSPS) is 15.1. The number of allylic oxidation sites excluding steroid dienone is 10. The minimum atomic E-state index is -0.183. The summed E-state index contributed by atoms with van der Waals surface area (Å²) in [7, 11) is 0. The number of carbonyl (C=O) groups is 1. The molecule has 66 heavy (non-hydrogen) atoms. The van der Waals surface area contributed by atoms with E-state index in [4.69, 9.17) is 4.74 Å². The van der Waals surface area contributed by atoms with Gasteiger partial charge in [-0.05, 0) is 54.4 Å². The number of benzene rings is 2. The molecule has 0 bridgehead atoms. The molecule has 3 aliphatic rings. The lowest BCUT2D eigenvalue weighted by molar-refractivity contribution is -0.527. The minimum Gasteiger partial charge on any atom is -0.871 e. The van der Waals surface area contributed by atoms with Crippen LogP contribution < -0.4 is 9.84 Å². The summed E-state index contributed by atoms with van der Waals surface area (Å²) in [5.41, 5.74) is 5.07. The van der Waals surface area contributed by atoms with Crippen molar-refractivity contribution in [3.05, 3.63) is 125 Å². The molecule has 2 aromatic rings. The van der Waals surface area contributed by atoms with Gasteiger partial charge in [-0.3, -0.25) is 4.79 Å². The number of ether oxygens (including phenoxy) is 1. The van der Waals surface area contributed by atoms with Crippen LogP contribution in [0.4, 0.5) is 0 Å². The van der Waals surface area contributed by atoms with Crippen molar-refractivity contribution in [1.29, 1.82) is 0 Å². The van der Waals surface area contributed by atoms with E-state index in [1.54, 1.807) is 6.08 Å². The Balaban J connectivity index is 1.10. The molecule has 4 nitrogen and oxygen atoms in total. The lowest BCUT2D eigenvalue weighted by Crippen LogP contribution is -2.30. The maximum Gasteiger partial charge on any atom is 0.199 e. The molecule has 1 aliphatic heterocycles. The lowest BCUT2D eigenvalue weighted by Gasteiger charge is -2.31. The quantitative estimate of drug-likeness (QED) is 0.0389. The van der Waals surface area contributed by atoms with Gasteiger partial charge in [-0.15, -0.1) is 0 Å². The van der Waals surface area contributed by atoms with Crippen LogP contribution in [0.5, 0.6) is 5.75 Å². The zero-order valence-corrected chi connectivity index (χ0v) is 41.9. The number of ketones is 1. The highest BCUT2D eigenvalue weighted by Gasteiger charge is 2.30. The van der Waals surface area contributed by atoms with E-state index in [1.165, 1.54) is 211 Å². The summed E-state index contributed by atoms with van der Waals surface area (Å²) in [6.45, 7) is 6.70. The van der Waals surface area contributed by atoms with Crippen molar-refractivity contribution in [2.24, 2.45) is 0 Å². The zero-order valence-electron chi connectivity index (χ0n) is 41.9. The Morgan fingerprint density at radius 1 is 0.500 bits per heavy atom. The molecule has 2 aromatic carbocycles. The predicted octanol–water partition coefficient (Wildman–Crippen LogP) is 17.1. The van der Waals surface area contributed by atoms with Crippen LogP contribution in [0.3, 0.4) is 0 Å². The summed E-state index contributed by atoms with van der Waals surface area (Å²) >= 11 is 0. The molecule has 0 amide bonds. The summed E-state index contributed by atoms with van der Waals surface area (Å²) < 4.78 is 8.80. The van der Waals surface area contributed by atoms with E-state index in [0.717, 1.165) is 29.8 Å². The monoisotopic (exact) mass is 896 g/mol. The number of hydrogen-bond donors (Lipinski definition) is 0. The van der Waals surface area contributed by atoms with Gasteiger partial charge in [0.05, 0.1) is 0 Å². The number of nitrogens with zero attached hydrogens (tertiary/aromatic N) is 1. The Hall–Kier alpha value is -4.18. The summed E-state index contributed by atoms with van der Waals surface area (Å²) in [5.74, 6) is 1.05. The summed E-state index contributed by atoms with van der Waals surface area (Å²) in [5, 5.41) is 13.7. The van der Waals surface area contributed by atoms with Gasteiger partial charge >= 0.3 is 0 Å². The van der Waals surface area contributed by atoms with Crippen LogP contribution >= 0.6 is 0 Å². The van der Waals surface area contributed by atoms with Crippen molar-refractivity contribution in [2.45, 2.75) is 219 Å². The molecule has 4 heteroatoms. The van der Waals surface area contributed by atoms with Crippen molar-refractivity contribution in [3.63, 3.8) is 0 Å². The second-order valence-electron chi connectivity index (χ2n) is 19.7. The molecule has 5 rings (SSSR count). The van der Waals surface area contributed by atoms with Crippen LogP contribution in [0.1, 0.15) is 230 Å². The molecular formula is C62H89NO3. The second kappa shape index (κ2) is 32.5. The van der Waals surface area contributed by atoms with Crippen LogP contribution in [0, 0.1) is 0 Å². The first-order valence-corrected chi connectivity index (χ1v) is 27.6. The van der Waals surface area contributed by atoms with Gasteiger partial charge in [0.2, 0.25) is 0 Å². The Morgan fingerprint density at radius 3 is 1.35 bits per heavy atom. The number of para-hydroxylation sites is 1. The van der Waals surface area contributed by atoms with E-state index in [2.05, 4.69) is 30.6 Å². The lowest BCUT2D eigenvalue weighted by atomic mass is 9.81. The Bertz CT molecular complexity index is 1880. The van der Waals surface area contributed by atoms with E-state index in [-0.39, 0.29) is 17.1 Å². The molecule has 0 unspecified atom stereocenters. The van der Waals surface area contributed by atoms with Gasteiger partial charge in [0.15, 0.2) is 11.5 Å². The van der Waals surface area contributed by atoms with Gasteiger partial charge in [-0.25, -0.2) is 4.58 Å². The van der Waals surface area contributed by atoms with Crippen LogP contribution in [-0.4, -0.2) is 29.2 Å². The van der Waals surface area contributed by atoms with Crippen molar-refractivity contribution in [1.82, 2.24) is 0 Å². The molecule has 1 heterocycles. The van der Waals surface area contributed by atoms with E-state index in [9.17, 15) is 9.90 Å². The van der Waals surface area contributed by atoms with Crippen LogP contribution in [-0.2, 0) is 4.79 Å². The predicted molar refractivity (Wildman–Crippen MR) is 281 cm³/mol. The smallest absolute Gasteiger partial charge is 0.199 e. The topological polar surface area (TPSA) is 52.4 Å². The van der Waals surface area contributed by atoms with Crippen molar-refractivity contribution in [2.75, 3.05) is 13.1 Å². The van der Waals surface area contributed by atoms with Gasteiger partial charge in [0, 0.05) is 47.3 Å². The first-order chi connectivity index (χ1) is 32.6. The van der Waals surface area contributed by atoms with Gasteiger partial charge in [-0.2, -0.15) is 0 Å². The number of rotatable bonds is 36. The van der Waals surface area contributed by atoms with Crippen molar-refractivity contribution in [3.8, 4) is 5.75 Å². The SMILES string of the molecule is CCCCCCCCCCCCCCCCCC[N+](CCCCCCCCCCCCCCCCCC)=C1C=CC(=C2C(=O)C(/C=C3\C=C(c4ccccc4)Oc4ccccc43)=C2[O-])C=C1. The fourth-order valence-corrected chi connectivity index (χ4v) is 9.90. The van der Waals surface area contributed by atoms with Gasteiger partial charge in [0.1, 0.15) is 24.6 Å². The number of carbonyl (C=O) groups excluding carboxylic acids is 1. The van der Waals surface area contributed by atoms with E-state index in [0.29, 0.717) is 22.7 Å². The Kier molecular flexibility index (Phi) is 26.0. The minimum absolute atomic E-state index is 0.183. The van der Waals surface area contributed by atoms with E-state index in [1.807, 2.05) is 72.8 Å². The largest absolute Gasteiger partial charge is 0.871 e. The molecule has 2 aliphatic carbocycles. The molecular weight excluding hydrogens is 807 g/mol. The van der Waals surface area contributed by atoms with Crippen molar-refractivity contribution >= 4 is 22.8 Å². The van der Waals surface area contributed by atoms with Crippen LogP contribution in [0.25, 0.3) is 11.3 Å². The summed E-state index contributed by atoms with van der Waals surface area (Å²) in [4.78, 5) is 13.7. The maximum atomic E-state index is 13.7. The molecule has 0 radical (unpaired) electrons. The Labute approximate surface area is 403 Å². The van der Waals surface area contributed by atoms with Gasteiger partial charge in [-0.1, -0.05) is 248 Å². The van der Waals surface area contributed by atoms with E-state index < -0.39 is 0 Å². The molecule has 0 spiro atoms. The maximum absolute atomic E-state index is 13.7. The highest BCUT2D eigenvalue weighted by molar-refractivity contribution is 6.23. The molecule has 0 atom stereocenters. The highest BCUT2D eigenvalue weighted by Crippen LogP contribution is 2.40. The summed E-state index contributed by atoms with van der Waals surface area (Å²) in [6, 6.07) is 17.7. The second-order valence-corrected chi connectivity index (χ2v) is 19.7. The first kappa shape index (κ1) is 52.8. The molecule has 0 saturated carbocycles. The average Bonchev–Trinajstić information content (AvgIpc) is 3.35. The van der Waals surface area contributed by atoms with E-state index >= 15 is 0 Å². The first-order valence-electron chi connectivity index (χ1n) is 27.6. The molecule has 0 N–H and O–H groups in total.